The predicted molar refractivity (Wildman–Crippen MR) is 91.1 cm³/mol. The molecular weight excluding hydrogens is 298 g/mol. The minimum atomic E-state index is -0.0187. The largest absolute Gasteiger partial charge is 0.312 e. The smallest absolute Gasteiger partial charge is 0.247 e. The van der Waals surface area contributed by atoms with Gasteiger partial charge in [-0.2, -0.15) is 11.8 Å². The molecule has 0 radical (unpaired) electrons. The normalized spacial score (nSPS) is 14.3. The molecule has 0 aliphatic carbocycles. The maximum absolute atomic E-state index is 11.0. The Hall–Kier alpha value is -1.44. The van der Waals surface area contributed by atoms with Crippen LogP contribution in [0.2, 0.25) is 0 Å². The minimum Gasteiger partial charge on any atom is -0.312 e. The lowest BCUT2D eigenvalue weighted by Gasteiger charge is -2.10. The molecule has 0 fully saturated rings. The molecule has 1 aliphatic heterocycles. The van der Waals surface area contributed by atoms with Gasteiger partial charge in [-0.25, -0.2) is 0 Å². The van der Waals surface area contributed by atoms with E-state index in [0.29, 0.717) is 6.54 Å². The first-order valence-corrected chi connectivity index (χ1v) is 8.49. The molecule has 1 amide bonds. The summed E-state index contributed by atoms with van der Waals surface area (Å²) >= 11 is 1.85. The van der Waals surface area contributed by atoms with E-state index in [-0.39, 0.29) is 12.5 Å². The first-order chi connectivity index (χ1) is 10.6. The number of hydrogen-bond donors (Lipinski definition) is 2. The van der Waals surface area contributed by atoms with Crippen LogP contribution in [-0.4, -0.2) is 61.1 Å². The first kappa shape index (κ1) is 16.9. The van der Waals surface area contributed by atoms with Crippen molar-refractivity contribution in [1.29, 1.82) is 0 Å². The van der Waals surface area contributed by atoms with Crippen LogP contribution in [0.5, 0.6) is 0 Å². The van der Waals surface area contributed by atoms with Crippen LogP contribution in [0.15, 0.2) is 23.3 Å². The zero-order chi connectivity index (χ0) is 15.8. The van der Waals surface area contributed by atoms with Crippen molar-refractivity contribution in [1.82, 2.24) is 20.5 Å². The van der Waals surface area contributed by atoms with Crippen LogP contribution in [0.25, 0.3) is 0 Å². The van der Waals surface area contributed by atoms with Crippen molar-refractivity contribution in [2.24, 2.45) is 4.99 Å². The Bertz CT molecular complexity index is 532. The van der Waals surface area contributed by atoms with E-state index >= 15 is 0 Å². The van der Waals surface area contributed by atoms with Crippen molar-refractivity contribution in [2.75, 3.05) is 39.5 Å². The number of hydrogen-bond acceptors (Lipinski definition) is 6. The van der Waals surface area contributed by atoms with Gasteiger partial charge in [0.2, 0.25) is 5.91 Å². The molecule has 0 spiro atoms. The second kappa shape index (κ2) is 8.87. The summed E-state index contributed by atoms with van der Waals surface area (Å²) in [5.74, 6) is 2.64. The maximum Gasteiger partial charge on any atom is 0.247 e. The SMILES string of the molecule is CN(C)Cc1ccnc(CSCCNCC2=NCC(=O)N2)c1. The number of nitrogens with one attached hydrogen (secondary N) is 2. The number of aliphatic imine (C=N–C) groups is 1. The molecule has 1 aromatic rings. The third-order valence-corrected chi connectivity index (χ3v) is 4.04. The highest BCUT2D eigenvalue weighted by atomic mass is 32.2. The molecule has 6 nitrogen and oxygen atoms in total. The second-order valence-corrected chi connectivity index (χ2v) is 6.54. The Morgan fingerprint density at radius 2 is 2.32 bits per heavy atom. The van der Waals surface area contributed by atoms with E-state index < -0.39 is 0 Å². The standard InChI is InChI=1S/C15H23N5OS/c1-20(2)10-12-3-4-17-13(7-12)11-22-6-5-16-8-14-18-9-15(21)19-14/h3-4,7,16H,5-6,8-11H2,1-2H3,(H,18,19,21). The Morgan fingerprint density at radius 1 is 1.45 bits per heavy atom. The summed E-state index contributed by atoms with van der Waals surface area (Å²) in [6.45, 7) is 2.72. The quantitative estimate of drug-likeness (QED) is 0.648. The zero-order valence-corrected chi connectivity index (χ0v) is 13.9. The van der Waals surface area contributed by atoms with E-state index in [1.165, 1.54) is 5.56 Å². The van der Waals surface area contributed by atoms with Gasteiger partial charge in [0.05, 0.1) is 12.2 Å². The van der Waals surface area contributed by atoms with E-state index in [2.05, 4.69) is 51.7 Å². The lowest BCUT2D eigenvalue weighted by Crippen LogP contribution is -2.34. The molecule has 2 N–H and O–H groups in total. The number of thioether (sulfide) groups is 1. The summed E-state index contributed by atoms with van der Waals surface area (Å²) in [6.07, 6.45) is 1.88. The van der Waals surface area contributed by atoms with Crippen LogP contribution < -0.4 is 10.6 Å². The van der Waals surface area contributed by atoms with Crippen molar-refractivity contribution in [3.05, 3.63) is 29.6 Å². The number of carbonyl (C=O) groups excluding carboxylic acids is 1. The van der Waals surface area contributed by atoms with Gasteiger partial charge >= 0.3 is 0 Å². The van der Waals surface area contributed by atoms with Crippen molar-refractivity contribution < 1.29 is 4.79 Å². The Kier molecular flexibility index (Phi) is 6.82. The van der Waals surface area contributed by atoms with Crippen molar-refractivity contribution in [2.45, 2.75) is 12.3 Å². The van der Waals surface area contributed by atoms with Crippen LogP contribution in [0, 0.1) is 0 Å². The van der Waals surface area contributed by atoms with Crippen molar-refractivity contribution in [3.63, 3.8) is 0 Å². The van der Waals surface area contributed by atoms with Crippen molar-refractivity contribution >= 4 is 23.5 Å². The fourth-order valence-electron chi connectivity index (χ4n) is 2.11. The Morgan fingerprint density at radius 3 is 3.05 bits per heavy atom. The molecule has 7 heteroatoms. The molecule has 1 aromatic heterocycles. The summed E-state index contributed by atoms with van der Waals surface area (Å²) in [7, 11) is 4.13. The summed E-state index contributed by atoms with van der Waals surface area (Å²) in [4.78, 5) is 21.6. The van der Waals surface area contributed by atoms with Gasteiger partial charge in [-0.3, -0.25) is 14.8 Å². The van der Waals surface area contributed by atoms with Gasteiger partial charge in [-0.1, -0.05) is 0 Å². The predicted octanol–water partition coefficient (Wildman–Crippen LogP) is 0.494. The van der Waals surface area contributed by atoms with Crippen molar-refractivity contribution in [3.8, 4) is 0 Å². The number of amides is 1. The van der Waals surface area contributed by atoms with Gasteiger partial charge in [0.15, 0.2) is 0 Å². The zero-order valence-electron chi connectivity index (χ0n) is 13.1. The number of aromatic nitrogens is 1. The molecule has 0 atom stereocenters. The molecule has 0 saturated heterocycles. The van der Waals surface area contributed by atoms with Gasteiger partial charge in [-0.15, -0.1) is 0 Å². The fourth-order valence-corrected chi connectivity index (χ4v) is 2.91. The topological polar surface area (TPSA) is 69.6 Å². The molecule has 0 bridgehead atoms. The van der Waals surface area contributed by atoms with E-state index in [0.717, 1.165) is 36.1 Å². The monoisotopic (exact) mass is 321 g/mol. The second-order valence-electron chi connectivity index (χ2n) is 5.43. The average molecular weight is 321 g/mol. The van der Waals surface area contributed by atoms with Gasteiger partial charge < -0.3 is 15.5 Å². The third kappa shape index (κ3) is 6.13. The van der Waals surface area contributed by atoms with Gasteiger partial charge in [0, 0.05) is 30.8 Å². The fraction of sp³-hybridized carbons (Fsp3) is 0.533. The van der Waals surface area contributed by atoms with Crippen LogP contribution in [0.1, 0.15) is 11.3 Å². The first-order valence-electron chi connectivity index (χ1n) is 7.33. The summed E-state index contributed by atoms with van der Waals surface area (Å²) in [6, 6.07) is 4.23. The highest BCUT2D eigenvalue weighted by Gasteiger charge is 2.11. The summed E-state index contributed by atoms with van der Waals surface area (Å²) in [5.41, 5.74) is 2.42. The molecule has 2 rings (SSSR count). The number of rotatable bonds is 9. The molecule has 0 unspecified atom stereocenters. The van der Waals surface area contributed by atoms with E-state index in [4.69, 9.17) is 0 Å². The number of carbonyl (C=O) groups is 1. The molecular formula is C15H23N5OS. The van der Waals surface area contributed by atoms with Crippen LogP contribution in [0.3, 0.4) is 0 Å². The summed E-state index contributed by atoms with van der Waals surface area (Å²) in [5, 5.41) is 6.00. The maximum atomic E-state index is 11.0. The molecule has 120 valence electrons. The van der Waals surface area contributed by atoms with E-state index in [1.807, 2.05) is 18.0 Å². The molecule has 1 aliphatic rings. The van der Waals surface area contributed by atoms with Gasteiger partial charge in [0.1, 0.15) is 12.4 Å². The molecule has 2 heterocycles. The number of pyridine rings is 1. The highest BCUT2D eigenvalue weighted by Crippen LogP contribution is 2.11. The number of nitrogens with zero attached hydrogens (tertiary/aromatic N) is 3. The Balaban J connectivity index is 1.59. The van der Waals surface area contributed by atoms with Crippen LogP contribution in [0.4, 0.5) is 0 Å². The third-order valence-electron chi connectivity index (χ3n) is 3.04. The lowest BCUT2D eigenvalue weighted by molar-refractivity contribution is -0.117. The van der Waals surface area contributed by atoms with E-state index in [9.17, 15) is 4.79 Å². The average Bonchev–Trinajstić information content (AvgIpc) is 2.88. The Labute approximate surface area is 135 Å². The van der Waals surface area contributed by atoms with Gasteiger partial charge in [-0.05, 0) is 31.8 Å². The van der Waals surface area contributed by atoms with E-state index in [1.54, 1.807) is 0 Å². The molecule has 22 heavy (non-hydrogen) atoms. The van der Waals surface area contributed by atoms with Crippen LogP contribution >= 0.6 is 11.8 Å². The summed E-state index contributed by atoms with van der Waals surface area (Å²) < 4.78 is 0. The molecule has 0 aromatic carbocycles. The molecule has 0 saturated carbocycles. The highest BCUT2D eigenvalue weighted by molar-refractivity contribution is 7.98. The van der Waals surface area contributed by atoms with Crippen LogP contribution in [-0.2, 0) is 17.1 Å². The lowest BCUT2D eigenvalue weighted by atomic mass is 10.2. The number of amidine groups is 1. The minimum absolute atomic E-state index is 0.0187. The van der Waals surface area contributed by atoms with Gasteiger partial charge in [0.25, 0.3) is 0 Å².